The number of carbonyl (C=O) groups excluding carboxylic acids is 1. The summed E-state index contributed by atoms with van der Waals surface area (Å²) in [6.07, 6.45) is -0.334. The lowest BCUT2D eigenvalue weighted by molar-refractivity contribution is 0.0730. The molecule has 1 N–H and O–H groups in total. The van der Waals surface area contributed by atoms with Gasteiger partial charge in [-0.15, -0.1) is 0 Å². The van der Waals surface area contributed by atoms with Gasteiger partial charge in [-0.2, -0.15) is 4.31 Å². The fourth-order valence-corrected chi connectivity index (χ4v) is 5.40. The standard InChI is InChI=1S/C23H24N2O7S/c1-15-18-12-17(33(27,28)25-8-10-29-11-9-25)6-7-19(18)32-22(15)23(26)24-13-16-14-30-20-4-2-3-5-21(20)31-16/h2-7,12,16H,8-11,13-14H2,1H3,(H,24,26)/t16-/m0/s1. The smallest absolute Gasteiger partial charge is 0.287 e. The molecule has 1 atom stereocenters. The number of rotatable bonds is 5. The van der Waals surface area contributed by atoms with Crippen molar-refractivity contribution in [1.82, 2.24) is 9.62 Å². The Morgan fingerprint density at radius 2 is 1.88 bits per heavy atom. The van der Waals surface area contributed by atoms with Gasteiger partial charge in [-0.25, -0.2) is 8.42 Å². The van der Waals surface area contributed by atoms with Crippen LogP contribution in [-0.4, -0.2) is 64.2 Å². The van der Waals surface area contributed by atoms with Gasteiger partial charge in [-0.1, -0.05) is 12.1 Å². The molecular weight excluding hydrogens is 448 g/mol. The van der Waals surface area contributed by atoms with Gasteiger partial charge in [0.2, 0.25) is 10.0 Å². The Morgan fingerprint density at radius 3 is 2.67 bits per heavy atom. The number of aryl methyl sites for hydroxylation is 1. The predicted octanol–water partition coefficient (Wildman–Crippen LogP) is 2.33. The van der Waals surface area contributed by atoms with Crippen LogP contribution in [-0.2, 0) is 14.8 Å². The minimum Gasteiger partial charge on any atom is -0.486 e. The van der Waals surface area contributed by atoms with Crippen LogP contribution in [0.15, 0.2) is 51.8 Å². The van der Waals surface area contributed by atoms with Gasteiger partial charge < -0.3 is 23.9 Å². The number of hydrogen-bond donors (Lipinski definition) is 1. The summed E-state index contributed by atoms with van der Waals surface area (Å²) in [5.74, 6) is 1.06. The molecule has 0 bridgehead atoms. The van der Waals surface area contributed by atoms with Gasteiger partial charge in [-0.05, 0) is 37.3 Å². The van der Waals surface area contributed by atoms with Crippen molar-refractivity contribution in [3.63, 3.8) is 0 Å². The van der Waals surface area contributed by atoms with Gasteiger partial charge in [0, 0.05) is 24.0 Å². The number of ether oxygens (including phenoxy) is 3. The van der Waals surface area contributed by atoms with Crippen LogP contribution in [0.3, 0.4) is 0 Å². The van der Waals surface area contributed by atoms with Crippen molar-refractivity contribution in [2.45, 2.75) is 17.9 Å². The number of morpholine rings is 1. The second-order valence-corrected chi connectivity index (χ2v) is 9.88. The molecule has 2 aliphatic heterocycles. The number of carbonyl (C=O) groups is 1. The molecule has 2 aliphatic rings. The summed E-state index contributed by atoms with van der Waals surface area (Å²) in [5.41, 5.74) is 1.03. The summed E-state index contributed by atoms with van der Waals surface area (Å²) < 4.78 is 49.9. The monoisotopic (exact) mass is 472 g/mol. The van der Waals surface area contributed by atoms with Gasteiger partial charge in [0.15, 0.2) is 17.3 Å². The van der Waals surface area contributed by atoms with E-state index in [-0.39, 0.29) is 23.3 Å². The molecule has 1 fully saturated rings. The van der Waals surface area contributed by atoms with Crippen LogP contribution in [0, 0.1) is 6.92 Å². The quantitative estimate of drug-likeness (QED) is 0.607. The topological polar surface area (TPSA) is 107 Å². The van der Waals surface area contributed by atoms with Crippen molar-refractivity contribution in [2.75, 3.05) is 39.5 Å². The maximum Gasteiger partial charge on any atom is 0.287 e. The first kappa shape index (κ1) is 21.7. The number of furan rings is 1. The predicted molar refractivity (Wildman–Crippen MR) is 119 cm³/mol. The molecule has 0 aliphatic carbocycles. The SMILES string of the molecule is Cc1c(C(=O)NC[C@H]2COc3ccccc3O2)oc2ccc(S(=O)(=O)N3CCOCC3)cc12. The number of benzene rings is 2. The third-order valence-corrected chi connectivity index (χ3v) is 7.67. The van der Waals surface area contributed by atoms with Crippen molar-refractivity contribution >= 4 is 26.9 Å². The van der Waals surface area contributed by atoms with E-state index < -0.39 is 15.9 Å². The summed E-state index contributed by atoms with van der Waals surface area (Å²) >= 11 is 0. The van der Waals surface area contributed by atoms with Crippen LogP contribution in [0.1, 0.15) is 16.1 Å². The fraction of sp³-hybridized carbons (Fsp3) is 0.348. The Hall–Kier alpha value is -3.08. The minimum absolute atomic E-state index is 0.142. The summed E-state index contributed by atoms with van der Waals surface area (Å²) in [5, 5.41) is 3.40. The molecule has 10 heteroatoms. The Bertz CT molecular complexity index is 1300. The molecule has 3 aromatic rings. The number of para-hydroxylation sites is 2. The van der Waals surface area contributed by atoms with E-state index in [1.54, 1.807) is 19.1 Å². The van der Waals surface area contributed by atoms with Crippen LogP contribution >= 0.6 is 0 Å². The van der Waals surface area contributed by atoms with Crippen molar-refractivity contribution in [3.05, 3.63) is 53.8 Å². The molecule has 0 unspecified atom stereocenters. The average molecular weight is 473 g/mol. The first-order valence-electron chi connectivity index (χ1n) is 10.7. The van der Waals surface area contributed by atoms with E-state index >= 15 is 0 Å². The van der Waals surface area contributed by atoms with E-state index in [0.717, 1.165) is 0 Å². The largest absolute Gasteiger partial charge is 0.486 e. The van der Waals surface area contributed by atoms with Gasteiger partial charge in [-0.3, -0.25) is 4.79 Å². The van der Waals surface area contributed by atoms with Crippen molar-refractivity contribution in [3.8, 4) is 11.5 Å². The number of fused-ring (bicyclic) bond motifs is 2. The van der Waals surface area contributed by atoms with Crippen LogP contribution in [0.2, 0.25) is 0 Å². The van der Waals surface area contributed by atoms with E-state index in [9.17, 15) is 13.2 Å². The summed E-state index contributed by atoms with van der Waals surface area (Å²) in [7, 11) is -3.65. The van der Waals surface area contributed by atoms with E-state index in [1.165, 1.54) is 10.4 Å². The summed E-state index contributed by atoms with van der Waals surface area (Å²) in [4.78, 5) is 13.0. The van der Waals surface area contributed by atoms with Crippen molar-refractivity contribution < 1.29 is 31.8 Å². The van der Waals surface area contributed by atoms with E-state index in [0.29, 0.717) is 60.9 Å². The Kier molecular flexibility index (Phi) is 5.73. The normalized spacial score (nSPS) is 18.9. The molecule has 33 heavy (non-hydrogen) atoms. The summed E-state index contributed by atoms with van der Waals surface area (Å²) in [6.45, 7) is 3.67. The highest BCUT2D eigenvalue weighted by atomic mass is 32.2. The fourth-order valence-electron chi connectivity index (χ4n) is 3.96. The average Bonchev–Trinajstić information content (AvgIpc) is 3.19. The lowest BCUT2D eigenvalue weighted by Gasteiger charge is -2.26. The molecule has 1 saturated heterocycles. The molecule has 5 rings (SSSR count). The van der Waals surface area contributed by atoms with Gasteiger partial charge >= 0.3 is 0 Å². The lowest BCUT2D eigenvalue weighted by Crippen LogP contribution is -2.40. The number of nitrogens with zero attached hydrogens (tertiary/aromatic N) is 1. The summed E-state index contributed by atoms with van der Waals surface area (Å²) in [6, 6.07) is 12.0. The van der Waals surface area contributed by atoms with Crippen molar-refractivity contribution in [2.24, 2.45) is 0 Å². The molecule has 0 radical (unpaired) electrons. The molecule has 1 amide bonds. The van der Waals surface area contributed by atoms with Gasteiger partial charge in [0.25, 0.3) is 5.91 Å². The van der Waals surface area contributed by atoms with Crippen LogP contribution in [0.25, 0.3) is 11.0 Å². The molecule has 3 heterocycles. The molecule has 2 aromatic carbocycles. The van der Waals surface area contributed by atoms with Crippen LogP contribution in [0.4, 0.5) is 0 Å². The number of hydrogen-bond acceptors (Lipinski definition) is 7. The highest BCUT2D eigenvalue weighted by Crippen LogP contribution is 2.31. The molecule has 9 nitrogen and oxygen atoms in total. The Balaban J connectivity index is 1.31. The highest BCUT2D eigenvalue weighted by Gasteiger charge is 2.28. The second kappa shape index (κ2) is 8.69. The molecule has 1 aromatic heterocycles. The van der Waals surface area contributed by atoms with Crippen molar-refractivity contribution in [1.29, 1.82) is 0 Å². The Labute approximate surface area is 191 Å². The third-order valence-electron chi connectivity index (χ3n) is 5.78. The van der Waals surface area contributed by atoms with E-state index in [2.05, 4.69) is 5.32 Å². The zero-order chi connectivity index (χ0) is 23.0. The number of amides is 1. The molecular formula is C23H24N2O7S. The lowest BCUT2D eigenvalue weighted by atomic mass is 10.1. The first-order chi connectivity index (χ1) is 15.9. The minimum atomic E-state index is -3.65. The van der Waals surface area contributed by atoms with Crippen LogP contribution in [0.5, 0.6) is 11.5 Å². The first-order valence-corrected chi connectivity index (χ1v) is 12.2. The second-order valence-electron chi connectivity index (χ2n) is 7.94. The van der Waals surface area contributed by atoms with Gasteiger partial charge in [0.05, 0.1) is 24.7 Å². The third kappa shape index (κ3) is 4.17. The van der Waals surface area contributed by atoms with E-state index in [4.69, 9.17) is 18.6 Å². The molecule has 174 valence electrons. The zero-order valence-electron chi connectivity index (χ0n) is 18.1. The number of sulfonamides is 1. The molecule has 0 saturated carbocycles. The maximum atomic E-state index is 13.0. The zero-order valence-corrected chi connectivity index (χ0v) is 18.9. The maximum absolute atomic E-state index is 13.0. The number of nitrogens with one attached hydrogen (secondary N) is 1. The van der Waals surface area contributed by atoms with Crippen LogP contribution < -0.4 is 14.8 Å². The van der Waals surface area contributed by atoms with Gasteiger partial charge in [0.1, 0.15) is 18.3 Å². The highest BCUT2D eigenvalue weighted by molar-refractivity contribution is 7.89. The molecule has 0 spiro atoms. The van der Waals surface area contributed by atoms with E-state index in [1.807, 2.05) is 24.3 Å². The Morgan fingerprint density at radius 1 is 1.12 bits per heavy atom.